The minimum absolute atomic E-state index is 0.164. The predicted molar refractivity (Wildman–Crippen MR) is 127 cm³/mol. The number of hydrogen-bond donors (Lipinski definition) is 3. The Kier molecular flexibility index (Phi) is 5.87. The first-order chi connectivity index (χ1) is 15.3. The normalized spacial score (nSPS) is 11.2. The Bertz CT molecular complexity index is 1370. The standard InChI is InChI=1S/C24H19BrN4O3/c1-13-4-3-5-16(10-13)22(30)26-17-8-6-15(7-9-17)23(31)29-28-21-18-11-14(2)19(25)12-20(18)27-24(21)32/h3-12,27,32H,1-2H3,(H,26,30). The van der Waals surface area contributed by atoms with Crippen LogP contribution in [0.3, 0.4) is 0 Å². The summed E-state index contributed by atoms with van der Waals surface area (Å²) in [5.41, 5.74) is 4.25. The highest BCUT2D eigenvalue weighted by Crippen LogP contribution is 2.37. The number of azo groups is 1. The molecule has 3 aromatic carbocycles. The van der Waals surface area contributed by atoms with E-state index in [0.717, 1.165) is 15.6 Å². The molecule has 0 saturated carbocycles. The smallest absolute Gasteiger partial charge is 0.295 e. The fraction of sp³-hybridized carbons (Fsp3) is 0.0833. The van der Waals surface area contributed by atoms with E-state index in [2.05, 4.69) is 36.5 Å². The highest BCUT2D eigenvalue weighted by atomic mass is 79.9. The third-order valence-electron chi connectivity index (χ3n) is 4.94. The molecule has 1 aromatic heterocycles. The summed E-state index contributed by atoms with van der Waals surface area (Å²) in [5, 5.41) is 21.3. The molecule has 1 heterocycles. The Morgan fingerprint density at radius 3 is 2.47 bits per heavy atom. The lowest BCUT2D eigenvalue weighted by molar-refractivity contribution is 0.0993. The molecule has 3 N–H and O–H groups in total. The van der Waals surface area contributed by atoms with Crippen molar-refractivity contribution in [1.82, 2.24) is 4.98 Å². The largest absolute Gasteiger partial charge is 0.493 e. The molecular formula is C24H19BrN4O3. The topological polar surface area (TPSA) is 107 Å². The van der Waals surface area contributed by atoms with Gasteiger partial charge in [-0.1, -0.05) is 33.6 Å². The van der Waals surface area contributed by atoms with Gasteiger partial charge in [0.15, 0.2) is 5.69 Å². The molecule has 0 aliphatic rings. The van der Waals surface area contributed by atoms with Crippen molar-refractivity contribution in [2.24, 2.45) is 10.2 Å². The number of fused-ring (bicyclic) bond motifs is 1. The van der Waals surface area contributed by atoms with Crippen LogP contribution in [0.25, 0.3) is 10.9 Å². The molecular weight excluding hydrogens is 472 g/mol. The number of rotatable bonds is 4. The average Bonchev–Trinajstić information content (AvgIpc) is 3.06. The second-order valence-electron chi connectivity index (χ2n) is 7.38. The van der Waals surface area contributed by atoms with Gasteiger partial charge in [0.1, 0.15) is 0 Å². The first kappa shape index (κ1) is 21.5. The molecule has 0 aliphatic heterocycles. The van der Waals surface area contributed by atoms with Crippen LogP contribution in [0.4, 0.5) is 11.4 Å². The van der Waals surface area contributed by atoms with Crippen molar-refractivity contribution in [2.75, 3.05) is 5.32 Å². The van der Waals surface area contributed by atoms with Gasteiger partial charge in [-0.3, -0.25) is 9.59 Å². The number of aryl methyl sites for hydroxylation is 2. The molecule has 2 amide bonds. The van der Waals surface area contributed by atoms with Crippen molar-refractivity contribution in [3.63, 3.8) is 0 Å². The highest BCUT2D eigenvalue weighted by molar-refractivity contribution is 9.10. The quantitative estimate of drug-likeness (QED) is 0.287. The molecule has 0 radical (unpaired) electrons. The maximum Gasteiger partial charge on any atom is 0.295 e. The zero-order chi connectivity index (χ0) is 22.8. The zero-order valence-corrected chi connectivity index (χ0v) is 18.9. The summed E-state index contributed by atoms with van der Waals surface area (Å²) in [6.07, 6.45) is 0. The minimum atomic E-state index is -0.566. The van der Waals surface area contributed by atoms with Gasteiger partial charge in [-0.2, -0.15) is 0 Å². The maximum atomic E-state index is 12.5. The fourth-order valence-corrected chi connectivity index (χ4v) is 3.58. The lowest BCUT2D eigenvalue weighted by atomic mass is 10.1. The molecule has 4 aromatic rings. The van der Waals surface area contributed by atoms with Gasteiger partial charge in [-0.25, -0.2) is 0 Å². The number of amides is 2. The number of nitrogens with one attached hydrogen (secondary N) is 2. The lowest BCUT2D eigenvalue weighted by Gasteiger charge is -2.06. The molecule has 0 aliphatic carbocycles. The van der Waals surface area contributed by atoms with Gasteiger partial charge in [-0.15, -0.1) is 10.2 Å². The van der Waals surface area contributed by atoms with E-state index in [1.165, 1.54) is 0 Å². The second-order valence-corrected chi connectivity index (χ2v) is 8.23. The number of aromatic nitrogens is 1. The van der Waals surface area contributed by atoms with Crippen molar-refractivity contribution in [3.05, 3.63) is 87.4 Å². The van der Waals surface area contributed by atoms with Crippen molar-refractivity contribution in [1.29, 1.82) is 0 Å². The third-order valence-corrected chi connectivity index (χ3v) is 5.80. The number of anilines is 1. The molecule has 8 heteroatoms. The Morgan fingerprint density at radius 1 is 1.00 bits per heavy atom. The Labute approximate surface area is 192 Å². The third kappa shape index (κ3) is 4.45. The Balaban J connectivity index is 1.49. The van der Waals surface area contributed by atoms with Crippen LogP contribution >= 0.6 is 15.9 Å². The summed E-state index contributed by atoms with van der Waals surface area (Å²) < 4.78 is 0.889. The van der Waals surface area contributed by atoms with Gasteiger partial charge in [0.25, 0.3) is 11.8 Å². The first-order valence-electron chi connectivity index (χ1n) is 9.77. The summed E-state index contributed by atoms with van der Waals surface area (Å²) in [7, 11) is 0. The van der Waals surface area contributed by atoms with Crippen LogP contribution in [0, 0.1) is 13.8 Å². The van der Waals surface area contributed by atoms with E-state index in [4.69, 9.17) is 0 Å². The van der Waals surface area contributed by atoms with Crippen LogP contribution in [0.15, 0.2) is 75.4 Å². The number of halogens is 1. The van der Waals surface area contributed by atoms with Crippen LogP contribution in [-0.2, 0) is 0 Å². The molecule has 7 nitrogen and oxygen atoms in total. The van der Waals surface area contributed by atoms with Crippen molar-refractivity contribution in [2.45, 2.75) is 13.8 Å². The highest BCUT2D eigenvalue weighted by Gasteiger charge is 2.13. The van der Waals surface area contributed by atoms with Crippen LogP contribution in [0.2, 0.25) is 0 Å². The molecule has 0 atom stereocenters. The summed E-state index contributed by atoms with van der Waals surface area (Å²) >= 11 is 3.44. The average molecular weight is 491 g/mol. The number of benzene rings is 3. The molecule has 32 heavy (non-hydrogen) atoms. The van der Waals surface area contributed by atoms with Gasteiger partial charge in [0.2, 0.25) is 5.88 Å². The van der Waals surface area contributed by atoms with E-state index in [1.54, 1.807) is 36.4 Å². The van der Waals surface area contributed by atoms with Gasteiger partial charge in [0.05, 0.1) is 5.52 Å². The van der Waals surface area contributed by atoms with Crippen LogP contribution < -0.4 is 5.32 Å². The summed E-state index contributed by atoms with van der Waals surface area (Å²) in [4.78, 5) is 27.6. The van der Waals surface area contributed by atoms with Gasteiger partial charge >= 0.3 is 0 Å². The summed E-state index contributed by atoms with van der Waals surface area (Å²) in [5.74, 6) is -0.961. The van der Waals surface area contributed by atoms with E-state index in [-0.39, 0.29) is 17.5 Å². The number of carbonyl (C=O) groups is 2. The molecule has 0 bridgehead atoms. The van der Waals surface area contributed by atoms with Crippen molar-refractivity contribution < 1.29 is 14.7 Å². The summed E-state index contributed by atoms with van der Waals surface area (Å²) in [6.45, 7) is 3.83. The molecule has 0 fully saturated rings. The van der Waals surface area contributed by atoms with Crippen molar-refractivity contribution in [3.8, 4) is 5.88 Å². The van der Waals surface area contributed by atoms with Crippen LogP contribution in [-0.4, -0.2) is 21.9 Å². The summed E-state index contributed by atoms with van der Waals surface area (Å²) in [6, 6.07) is 17.3. The molecule has 0 unspecified atom stereocenters. The SMILES string of the molecule is Cc1cccc(C(=O)Nc2ccc(C(=O)N=Nc3c(O)[nH]c4cc(Br)c(C)cc34)cc2)c1. The number of H-pyrrole nitrogens is 1. The van der Waals surface area contributed by atoms with E-state index in [1.807, 2.05) is 38.1 Å². The van der Waals surface area contributed by atoms with E-state index in [9.17, 15) is 14.7 Å². The maximum absolute atomic E-state index is 12.5. The zero-order valence-electron chi connectivity index (χ0n) is 17.3. The van der Waals surface area contributed by atoms with Gasteiger partial charge in [0, 0.05) is 26.7 Å². The number of nitrogens with zero attached hydrogens (tertiary/aromatic N) is 2. The number of aromatic hydroxyl groups is 1. The number of hydrogen-bond acceptors (Lipinski definition) is 4. The molecule has 160 valence electrons. The predicted octanol–water partition coefficient (Wildman–Crippen LogP) is 6.43. The number of aromatic amines is 1. The monoisotopic (exact) mass is 490 g/mol. The molecule has 0 spiro atoms. The Hall–Kier alpha value is -3.78. The lowest BCUT2D eigenvalue weighted by Crippen LogP contribution is -2.12. The van der Waals surface area contributed by atoms with E-state index >= 15 is 0 Å². The molecule has 4 rings (SSSR count). The van der Waals surface area contributed by atoms with E-state index in [0.29, 0.717) is 27.7 Å². The minimum Gasteiger partial charge on any atom is -0.493 e. The second kappa shape index (κ2) is 8.76. The number of carbonyl (C=O) groups excluding carboxylic acids is 2. The van der Waals surface area contributed by atoms with Gasteiger partial charge < -0.3 is 15.4 Å². The Morgan fingerprint density at radius 2 is 1.75 bits per heavy atom. The fourth-order valence-electron chi connectivity index (χ4n) is 3.24. The van der Waals surface area contributed by atoms with Crippen LogP contribution in [0.5, 0.6) is 5.88 Å². The van der Waals surface area contributed by atoms with Crippen LogP contribution in [0.1, 0.15) is 31.8 Å². The first-order valence-corrected chi connectivity index (χ1v) is 10.6. The van der Waals surface area contributed by atoms with Crippen molar-refractivity contribution >= 4 is 50.0 Å². The van der Waals surface area contributed by atoms with E-state index < -0.39 is 5.91 Å². The molecule has 0 saturated heterocycles. The van der Waals surface area contributed by atoms with Gasteiger partial charge in [-0.05, 0) is 67.9 Å².